The SMILES string of the molecule is CC(c1cc[cH-]c1P([c-]1ccc[o+]1)[c-]1ccc[o+]1)P(C(C)(C)C)C(C)(C)C.[Fe+2].c1cc[cH-]c1. The van der Waals surface area contributed by atoms with E-state index < -0.39 is 7.92 Å². The number of furan rings is 2. The summed E-state index contributed by atoms with van der Waals surface area (Å²) < 4.78 is 11.7. The molecule has 0 aliphatic carbocycles. The third-order valence-corrected chi connectivity index (χ3v) is 11.6. The van der Waals surface area contributed by atoms with Crippen LogP contribution in [0.5, 0.6) is 0 Å². The average Bonchev–Trinajstić information content (AvgIpc) is 3.48. The summed E-state index contributed by atoms with van der Waals surface area (Å²) in [5.74, 6) is 0. The molecule has 1 atom stereocenters. The van der Waals surface area contributed by atoms with Crippen molar-refractivity contribution in [3.05, 3.63) is 90.9 Å². The zero-order valence-corrected chi connectivity index (χ0v) is 23.6. The van der Waals surface area contributed by atoms with E-state index in [-0.39, 0.29) is 35.3 Å². The van der Waals surface area contributed by atoms with E-state index in [1.807, 2.05) is 42.5 Å². The standard InChI is InChI=1S/C23H31O2P2.C5H5.Fe/c1-17(27(22(2,3)4)23(5,6)7)18-11-8-12-19(18)26(20-13-9-15-24-20)21-14-10-16-25-21;1-2-4-5-3-1;/h8-17H,1-7H3;1-5H;/q2*-1;+2. The Morgan fingerprint density at radius 3 is 1.70 bits per heavy atom. The average molecular weight is 522 g/mol. The molecule has 0 N–H and O–H groups in total. The van der Waals surface area contributed by atoms with Gasteiger partial charge in [-0.15, -0.1) is 25.4 Å². The van der Waals surface area contributed by atoms with Crippen molar-refractivity contribution >= 4 is 32.2 Å². The van der Waals surface area contributed by atoms with E-state index in [1.165, 1.54) is 10.9 Å². The van der Waals surface area contributed by atoms with E-state index in [2.05, 4.69) is 78.8 Å². The van der Waals surface area contributed by atoms with Crippen molar-refractivity contribution < 1.29 is 25.9 Å². The maximum absolute atomic E-state index is 5.85. The van der Waals surface area contributed by atoms with Crippen LogP contribution in [0, 0.1) is 0 Å². The van der Waals surface area contributed by atoms with Gasteiger partial charge in [0, 0.05) is 7.92 Å². The first-order valence-electron chi connectivity index (χ1n) is 11.2. The van der Waals surface area contributed by atoms with E-state index in [9.17, 15) is 0 Å². The summed E-state index contributed by atoms with van der Waals surface area (Å²) >= 11 is 0. The van der Waals surface area contributed by atoms with Crippen molar-refractivity contribution in [2.75, 3.05) is 0 Å². The van der Waals surface area contributed by atoms with Crippen molar-refractivity contribution in [1.82, 2.24) is 0 Å². The Hall–Kier alpha value is -1.36. The Balaban J connectivity index is 0.000000568. The molecule has 2 aromatic carbocycles. The van der Waals surface area contributed by atoms with Gasteiger partial charge in [0.05, 0.1) is 0 Å². The van der Waals surface area contributed by atoms with Crippen molar-refractivity contribution in [2.45, 2.75) is 64.4 Å². The second-order valence-corrected chi connectivity index (χ2v) is 16.2. The van der Waals surface area contributed by atoms with E-state index in [0.29, 0.717) is 5.66 Å². The largest absolute Gasteiger partial charge is 2.00 e. The molecule has 0 saturated carbocycles. The third kappa shape index (κ3) is 7.07. The minimum Gasteiger partial charge on any atom is -0.345 e. The molecule has 0 saturated heterocycles. The summed E-state index contributed by atoms with van der Waals surface area (Å²) in [6, 6.07) is 24.9. The minimum atomic E-state index is -0.808. The van der Waals surface area contributed by atoms with Crippen molar-refractivity contribution in [3.8, 4) is 0 Å². The zero-order valence-electron chi connectivity index (χ0n) is 20.7. The van der Waals surface area contributed by atoms with Crippen LogP contribution in [0.15, 0.2) is 94.2 Å². The monoisotopic (exact) mass is 522 g/mol. The molecule has 1 unspecified atom stereocenters. The van der Waals surface area contributed by atoms with Crippen LogP contribution in [-0.2, 0) is 17.1 Å². The molecule has 4 aromatic rings. The zero-order chi connectivity index (χ0) is 23.4. The second-order valence-electron chi connectivity index (χ2n) is 9.95. The van der Waals surface area contributed by atoms with Gasteiger partial charge in [-0.1, -0.05) is 66.3 Å². The predicted octanol–water partition coefficient (Wildman–Crippen LogP) is 7.89. The molecule has 0 fully saturated rings. The van der Waals surface area contributed by atoms with E-state index >= 15 is 0 Å². The Morgan fingerprint density at radius 1 is 0.818 bits per heavy atom. The summed E-state index contributed by atoms with van der Waals surface area (Å²) in [6.45, 7) is 16.8. The van der Waals surface area contributed by atoms with Gasteiger partial charge >= 0.3 is 17.1 Å². The van der Waals surface area contributed by atoms with Crippen LogP contribution in [-0.4, -0.2) is 10.3 Å². The molecule has 0 amide bonds. The molecule has 0 radical (unpaired) electrons. The van der Waals surface area contributed by atoms with Crippen molar-refractivity contribution in [1.29, 1.82) is 0 Å². The molecule has 0 spiro atoms. The molecule has 33 heavy (non-hydrogen) atoms. The van der Waals surface area contributed by atoms with Crippen molar-refractivity contribution in [2.24, 2.45) is 0 Å². The summed E-state index contributed by atoms with van der Waals surface area (Å²) in [5, 5.41) is 1.92. The second kappa shape index (κ2) is 11.9. The Labute approximate surface area is 212 Å². The normalized spacial score (nSPS) is 12.9. The molecule has 2 heterocycles. The smallest absolute Gasteiger partial charge is 0.345 e. The van der Waals surface area contributed by atoms with Crippen LogP contribution >= 0.6 is 15.8 Å². The molecular formula is C28H36FeO2P2. The molecular weight excluding hydrogens is 486 g/mol. The predicted molar refractivity (Wildman–Crippen MR) is 142 cm³/mol. The fourth-order valence-electron chi connectivity index (χ4n) is 4.75. The number of rotatable bonds is 5. The van der Waals surface area contributed by atoms with Crippen LogP contribution in [0.2, 0.25) is 0 Å². The number of hydrogen-bond acceptors (Lipinski definition) is 0. The Morgan fingerprint density at radius 2 is 1.33 bits per heavy atom. The van der Waals surface area contributed by atoms with Gasteiger partial charge in [0.1, 0.15) is 0 Å². The molecule has 0 aliphatic rings. The van der Waals surface area contributed by atoms with E-state index in [1.54, 1.807) is 12.5 Å². The van der Waals surface area contributed by atoms with Crippen LogP contribution < -0.4 is 16.3 Å². The van der Waals surface area contributed by atoms with Gasteiger partial charge in [-0.3, -0.25) is 0 Å². The molecule has 4 rings (SSSR count). The van der Waals surface area contributed by atoms with Crippen LogP contribution in [0.4, 0.5) is 0 Å². The first kappa shape index (κ1) is 27.9. The summed E-state index contributed by atoms with van der Waals surface area (Å²) in [4.78, 5) is 0. The van der Waals surface area contributed by atoms with Gasteiger partial charge in [0.15, 0.2) is 12.5 Å². The summed E-state index contributed by atoms with van der Waals surface area (Å²) in [5.41, 5.74) is 3.94. The first-order valence-corrected chi connectivity index (χ1v) is 13.9. The van der Waals surface area contributed by atoms with Crippen LogP contribution in [0.25, 0.3) is 0 Å². The summed E-state index contributed by atoms with van der Waals surface area (Å²) in [6.07, 6.45) is 3.52. The van der Waals surface area contributed by atoms with Crippen molar-refractivity contribution in [3.63, 3.8) is 0 Å². The Bertz CT molecular complexity index is 952. The van der Waals surface area contributed by atoms with Gasteiger partial charge in [-0.25, -0.2) is 18.2 Å². The van der Waals surface area contributed by atoms with Crippen LogP contribution in [0.3, 0.4) is 0 Å². The molecule has 5 heteroatoms. The van der Waals surface area contributed by atoms with E-state index in [4.69, 9.17) is 8.83 Å². The van der Waals surface area contributed by atoms with Gasteiger partial charge in [0.2, 0.25) is 11.0 Å². The van der Waals surface area contributed by atoms with Gasteiger partial charge in [-0.05, 0) is 10.3 Å². The van der Waals surface area contributed by atoms with E-state index in [0.717, 1.165) is 11.0 Å². The first-order chi connectivity index (χ1) is 15.1. The number of hydrogen-bond donors (Lipinski definition) is 0. The molecule has 2 nitrogen and oxygen atoms in total. The fraction of sp³-hybridized carbons (Fsp3) is 0.357. The molecule has 0 bridgehead atoms. The molecule has 2 aromatic heterocycles. The van der Waals surface area contributed by atoms with Gasteiger partial charge in [-0.2, -0.15) is 35.9 Å². The maximum Gasteiger partial charge on any atom is 2.00 e. The Kier molecular flexibility index (Phi) is 10.0. The quantitative estimate of drug-likeness (QED) is 0.115. The fourth-order valence-corrected chi connectivity index (χ4v) is 11.9. The van der Waals surface area contributed by atoms with Gasteiger partial charge in [0.25, 0.3) is 0 Å². The van der Waals surface area contributed by atoms with Gasteiger partial charge < -0.3 is 8.83 Å². The maximum atomic E-state index is 5.85. The summed E-state index contributed by atoms with van der Waals surface area (Å²) in [7, 11) is -1.07. The third-order valence-electron chi connectivity index (χ3n) is 5.36. The topological polar surface area (TPSA) is 22.6 Å². The molecule has 0 aliphatic heterocycles. The molecule has 178 valence electrons. The van der Waals surface area contributed by atoms with Crippen LogP contribution in [0.1, 0.15) is 59.7 Å². The minimum absolute atomic E-state index is 0.